The molecule has 7 heteroatoms. The van der Waals surface area contributed by atoms with E-state index in [9.17, 15) is 13.6 Å². The monoisotopic (exact) mass is 429 g/mol. The molecule has 164 valence electrons. The minimum absolute atomic E-state index is 0.0934. The molecule has 0 radical (unpaired) electrons. The van der Waals surface area contributed by atoms with Gasteiger partial charge in [0.15, 0.2) is 11.5 Å². The van der Waals surface area contributed by atoms with Crippen molar-refractivity contribution in [3.05, 3.63) is 64.9 Å². The number of hydrogen-bond donors (Lipinski definition) is 1. The predicted molar refractivity (Wildman–Crippen MR) is 112 cm³/mol. The molecular weight excluding hydrogens is 404 g/mol. The summed E-state index contributed by atoms with van der Waals surface area (Å²) in [5.41, 5.74) is 4.07. The molecule has 2 aliphatic rings. The Morgan fingerprint density at radius 1 is 1.03 bits per heavy atom. The molecule has 1 aliphatic heterocycles. The van der Waals surface area contributed by atoms with Crippen molar-refractivity contribution in [3.63, 3.8) is 0 Å². The summed E-state index contributed by atoms with van der Waals surface area (Å²) in [6, 6.07) is 11.3. The summed E-state index contributed by atoms with van der Waals surface area (Å²) in [4.78, 5) is 12.8. The number of aryl methyl sites for hydroxylation is 2. The number of carbonyl (C=O) groups excluding carboxylic acids is 1. The molecule has 0 saturated heterocycles. The first-order valence-electron chi connectivity index (χ1n) is 10.5. The lowest BCUT2D eigenvalue weighted by atomic mass is 9.89. The third-order valence-electron chi connectivity index (χ3n) is 5.50. The van der Waals surface area contributed by atoms with E-state index in [2.05, 4.69) is 10.1 Å². The molecule has 0 bridgehead atoms. The van der Waals surface area contributed by atoms with Crippen LogP contribution in [0.2, 0.25) is 0 Å². The molecule has 0 aromatic heterocycles. The Morgan fingerprint density at radius 2 is 1.81 bits per heavy atom. The normalized spacial score (nSPS) is 15.4. The standard InChI is InChI=1S/C24H25F2NO4/c25-24(26)31-15-20(19-7-6-17-3-1-2-4-18(17)14-19)23(28)27-10-9-16-5-8-21-22(13-16)30-12-11-29-21/h5-8,13-15,24H,1-4,9-12H2,(H,27,28)/b20-15+. The molecule has 1 aliphatic carbocycles. The van der Waals surface area contributed by atoms with E-state index in [4.69, 9.17) is 9.47 Å². The number of rotatable bonds is 7. The van der Waals surface area contributed by atoms with Gasteiger partial charge in [-0.1, -0.05) is 24.3 Å². The highest BCUT2D eigenvalue weighted by Gasteiger charge is 2.17. The smallest absolute Gasteiger partial charge is 0.386 e. The van der Waals surface area contributed by atoms with Gasteiger partial charge in [0, 0.05) is 6.54 Å². The maximum Gasteiger partial charge on any atom is 0.386 e. The molecule has 0 saturated carbocycles. The Kier molecular flexibility index (Phi) is 6.70. The maximum absolute atomic E-state index is 12.8. The molecule has 1 N–H and O–H groups in total. The van der Waals surface area contributed by atoms with Gasteiger partial charge in [0.25, 0.3) is 5.91 Å². The molecule has 0 spiro atoms. The average Bonchev–Trinajstić information content (AvgIpc) is 2.79. The van der Waals surface area contributed by atoms with Crippen LogP contribution in [0.4, 0.5) is 8.78 Å². The van der Waals surface area contributed by atoms with E-state index in [0.717, 1.165) is 43.1 Å². The Labute approximate surface area is 180 Å². The van der Waals surface area contributed by atoms with Crippen LogP contribution in [-0.2, 0) is 28.8 Å². The SMILES string of the molecule is O=C(NCCc1ccc2c(c1)OCCO2)/C(=C/OC(F)F)c1ccc2c(c1)CCCC2. The fourth-order valence-electron chi connectivity index (χ4n) is 3.93. The van der Waals surface area contributed by atoms with Crippen molar-refractivity contribution in [1.82, 2.24) is 5.32 Å². The second kappa shape index (κ2) is 9.81. The summed E-state index contributed by atoms with van der Waals surface area (Å²) in [7, 11) is 0. The molecule has 5 nitrogen and oxygen atoms in total. The highest BCUT2D eigenvalue weighted by Crippen LogP contribution is 2.31. The van der Waals surface area contributed by atoms with E-state index in [-0.39, 0.29) is 5.57 Å². The molecule has 0 unspecified atom stereocenters. The van der Waals surface area contributed by atoms with E-state index in [1.54, 1.807) is 6.07 Å². The maximum atomic E-state index is 12.8. The molecule has 2 aromatic carbocycles. The fourth-order valence-corrected chi connectivity index (χ4v) is 3.93. The van der Waals surface area contributed by atoms with Gasteiger partial charge in [-0.2, -0.15) is 8.78 Å². The molecule has 0 atom stereocenters. The van der Waals surface area contributed by atoms with Crippen molar-refractivity contribution in [2.24, 2.45) is 0 Å². The molecular formula is C24H25F2NO4. The van der Waals surface area contributed by atoms with E-state index in [1.807, 2.05) is 30.3 Å². The van der Waals surface area contributed by atoms with Gasteiger partial charge in [-0.25, -0.2) is 0 Å². The zero-order chi connectivity index (χ0) is 21.6. The summed E-state index contributed by atoms with van der Waals surface area (Å²) in [6.07, 6.45) is 5.58. The second-order valence-electron chi connectivity index (χ2n) is 7.60. The Bertz CT molecular complexity index is 974. The van der Waals surface area contributed by atoms with Crippen molar-refractivity contribution in [1.29, 1.82) is 0 Å². The zero-order valence-electron chi connectivity index (χ0n) is 17.2. The number of hydrogen-bond acceptors (Lipinski definition) is 4. The first-order valence-corrected chi connectivity index (χ1v) is 10.5. The highest BCUT2D eigenvalue weighted by molar-refractivity contribution is 6.19. The summed E-state index contributed by atoms with van der Waals surface area (Å²) < 4.78 is 40.7. The number of carbonyl (C=O) groups is 1. The number of benzene rings is 2. The lowest BCUT2D eigenvalue weighted by Gasteiger charge is -2.19. The molecule has 4 rings (SSSR count). The van der Waals surface area contributed by atoms with Crippen LogP contribution in [-0.4, -0.2) is 32.3 Å². The summed E-state index contributed by atoms with van der Waals surface area (Å²) in [5.74, 6) is 0.949. The number of alkyl halides is 2. The fraction of sp³-hybridized carbons (Fsp3) is 0.375. The summed E-state index contributed by atoms with van der Waals surface area (Å²) in [5, 5.41) is 2.81. The first-order chi connectivity index (χ1) is 15.1. The zero-order valence-corrected chi connectivity index (χ0v) is 17.2. The van der Waals surface area contributed by atoms with Crippen molar-refractivity contribution >= 4 is 11.5 Å². The summed E-state index contributed by atoms with van der Waals surface area (Å²) >= 11 is 0. The lowest BCUT2D eigenvalue weighted by Crippen LogP contribution is -2.27. The molecule has 1 heterocycles. The van der Waals surface area contributed by atoms with Crippen LogP contribution in [0.15, 0.2) is 42.7 Å². The van der Waals surface area contributed by atoms with Crippen LogP contribution < -0.4 is 14.8 Å². The average molecular weight is 429 g/mol. The first kappa shape index (κ1) is 21.2. The topological polar surface area (TPSA) is 56.8 Å². The Hall–Kier alpha value is -3.09. The van der Waals surface area contributed by atoms with Crippen LogP contribution in [0.5, 0.6) is 11.5 Å². The minimum atomic E-state index is -2.99. The van der Waals surface area contributed by atoms with Gasteiger partial charge < -0.3 is 19.5 Å². The molecule has 31 heavy (non-hydrogen) atoms. The number of nitrogens with one attached hydrogen (secondary N) is 1. The molecule has 0 fully saturated rings. The second-order valence-corrected chi connectivity index (χ2v) is 7.60. The third-order valence-corrected chi connectivity index (χ3v) is 5.50. The van der Waals surface area contributed by atoms with E-state index in [0.29, 0.717) is 43.2 Å². The van der Waals surface area contributed by atoms with Crippen LogP contribution >= 0.6 is 0 Å². The van der Waals surface area contributed by atoms with Crippen molar-refractivity contribution in [2.75, 3.05) is 19.8 Å². The van der Waals surface area contributed by atoms with Crippen molar-refractivity contribution < 1.29 is 27.8 Å². The van der Waals surface area contributed by atoms with E-state index in [1.165, 1.54) is 5.56 Å². The van der Waals surface area contributed by atoms with Gasteiger partial charge in [0.2, 0.25) is 0 Å². The van der Waals surface area contributed by atoms with Gasteiger partial charge in [-0.05, 0) is 66.5 Å². The van der Waals surface area contributed by atoms with Gasteiger partial charge in [-0.3, -0.25) is 4.79 Å². The van der Waals surface area contributed by atoms with Crippen LogP contribution in [0.3, 0.4) is 0 Å². The van der Waals surface area contributed by atoms with Gasteiger partial charge in [0.05, 0.1) is 5.57 Å². The Morgan fingerprint density at radius 3 is 2.61 bits per heavy atom. The van der Waals surface area contributed by atoms with Crippen molar-refractivity contribution in [2.45, 2.75) is 38.7 Å². The van der Waals surface area contributed by atoms with Crippen molar-refractivity contribution in [3.8, 4) is 11.5 Å². The van der Waals surface area contributed by atoms with E-state index >= 15 is 0 Å². The van der Waals surface area contributed by atoms with E-state index < -0.39 is 12.5 Å². The Balaban J connectivity index is 1.43. The number of ether oxygens (including phenoxy) is 3. The number of amides is 1. The largest absolute Gasteiger partial charge is 0.486 e. The minimum Gasteiger partial charge on any atom is -0.486 e. The molecule has 1 amide bonds. The lowest BCUT2D eigenvalue weighted by molar-refractivity contribution is -0.116. The van der Waals surface area contributed by atoms with Crippen LogP contribution in [0, 0.1) is 0 Å². The van der Waals surface area contributed by atoms with Crippen LogP contribution in [0.1, 0.15) is 35.1 Å². The number of halogens is 2. The highest BCUT2D eigenvalue weighted by atomic mass is 19.3. The van der Waals surface area contributed by atoms with Crippen LogP contribution in [0.25, 0.3) is 5.57 Å². The van der Waals surface area contributed by atoms with Gasteiger partial charge in [0.1, 0.15) is 19.5 Å². The number of fused-ring (bicyclic) bond motifs is 2. The third kappa shape index (κ3) is 5.34. The predicted octanol–water partition coefficient (Wildman–Crippen LogP) is 4.28. The quantitative estimate of drug-likeness (QED) is 0.527. The molecule has 2 aromatic rings. The van der Waals surface area contributed by atoms with Gasteiger partial charge >= 0.3 is 6.61 Å². The van der Waals surface area contributed by atoms with Gasteiger partial charge in [-0.15, -0.1) is 0 Å². The summed E-state index contributed by atoms with van der Waals surface area (Å²) in [6.45, 7) is -1.61.